The summed E-state index contributed by atoms with van der Waals surface area (Å²) in [6.07, 6.45) is 1.85. The van der Waals surface area contributed by atoms with Crippen LogP contribution in [-0.2, 0) is 6.42 Å². The zero-order valence-corrected chi connectivity index (χ0v) is 11.2. The van der Waals surface area contributed by atoms with Gasteiger partial charge in [0.05, 0.1) is 12.3 Å². The SMILES string of the molecule is OC(c1ccc(Br)cn1)c1cccc2c1OCC2. The van der Waals surface area contributed by atoms with Crippen molar-refractivity contribution in [1.82, 2.24) is 4.98 Å². The number of rotatable bonds is 2. The van der Waals surface area contributed by atoms with Crippen molar-refractivity contribution in [2.45, 2.75) is 12.5 Å². The lowest BCUT2D eigenvalue weighted by Crippen LogP contribution is -2.04. The number of benzene rings is 1. The van der Waals surface area contributed by atoms with Gasteiger partial charge in [-0.15, -0.1) is 0 Å². The maximum absolute atomic E-state index is 10.4. The van der Waals surface area contributed by atoms with Crippen molar-refractivity contribution < 1.29 is 9.84 Å². The number of aromatic nitrogens is 1. The van der Waals surface area contributed by atoms with Gasteiger partial charge in [-0.25, -0.2) is 0 Å². The fourth-order valence-corrected chi connectivity index (χ4v) is 2.40. The Morgan fingerprint density at radius 2 is 2.17 bits per heavy atom. The van der Waals surface area contributed by atoms with Crippen LogP contribution in [0.2, 0.25) is 0 Å². The highest BCUT2D eigenvalue weighted by Crippen LogP contribution is 2.35. The third kappa shape index (κ3) is 2.02. The number of fused-ring (bicyclic) bond motifs is 1. The van der Waals surface area contributed by atoms with Crippen LogP contribution in [0.1, 0.15) is 22.9 Å². The van der Waals surface area contributed by atoms with E-state index < -0.39 is 6.10 Å². The molecular formula is C14H12BrNO2. The monoisotopic (exact) mass is 305 g/mol. The van der Waals surface area contributed by atoms with Crippen molar-refractivity contribution in [3.05, 3.63) is 57.8 Å². The molecule has 0 bridgehead atoms. The third-order valence-electron chi connectivity index (χ3n) is 3.07. The summed E-state index contributed by atoms with van der Waals surface area (Å²) in [6.45, 7) is 0.687. The molecule has 0 amide bonds. The van der Waals surface area contributed by atoms with Gasteiger partial charge in [-0.1, -0.05) is 18.2 Å². The van der Waals surface area contributed by atoms with E-state index in [0.717, 1.165) is 27.8 Å². The third-order valence-corrected chi connectivity index (χ3v) is 3.54. The van der Waals surface area contributed by atoms with E-state index in [0.29, 0.717) is 12.3 Å². The summed E-state index contributed by atoms with van der Waals surface area (Å²) in [6, 6.07) is 9.55. The van der Waals surface area contributed by atoms with Crippen LogP contribution in [0.5, 0.6) is 5.75 Å². The quantitative estimate of drug-likeness (QED) is 0.927. The van der Waals surface area contributed by atoms with Crippen LogP contribution < -0.4 is 4.74 Å². The number of nitrogens with zero attached hydrogens (tertiary/aromatic N) is 1. The highest BCUT2D eigenvalue weighted by molar-refractivity contribution is 9.10. The Morgan fingerprint density at radius 3 is 2.94 bits per heavy atom. The molecule has 92 valence electrons. The molecule has 0 saturated heterocycles. The fraction of sp³-hybridized carbons (Fsp3) is 0.214. The Morgan fingerprint density at radius 1 is 1.28 bits per heavy atom. The van der Waals surface area contributed by atoms with Crippen LogP contribution >= 0.6 is 15.9 Å². The van der Waals surface area contributed by atoms with E-state index >= 15 is 0 Å². The molecule has 1 aromatic carbocycles. The molecule has 1 aliphatic rings. The lowest BCUT2D eigenvalue weighted by atomic mass is 10.0. The molecule has 3 rings (SSSR count). The second-order valence-corrected chi connectivity index (χ2v) is 5.15. The summed E-state index contributed by atoms with van der Waals surface area (Å²) in [5, 5.41) is 10.4. The highest BCUT2D eigenvalue weighted by Gasteiger charge is 2.22. The van der Waals surface area contributed by atoms with Crippen LogP contribution in [0.15, 0.2) is 41.0 Å². The van der Waals surface area contributed by atoms with Gasteiger partial charge in [0.15, 0.2) is 0 Å². The molecule has 0 aliphatic carbocycles. The van der Waals surface area contributed by atoms with E-state index in [1.54, 1.807) is 6.20 Å². The molecule has 18 heavy (non-hydrogen) atoms. The van der Waals surface area contributed by atoms with Crippen molar-refractivity contribution in [2.75, 3.05) is 6.61 Å². The molecule has 0 fully saturated rings. The van der Waals surface area contributed by atoms with Crippen LogP contribution in [0.25, 0.3) is 0 Å². The van der Waals surface area contributed by atoms with Crippen molar-refractivity contribution in [3.8, 4) is 5.75 Å². The number of hydrogen-bond acceptors (Lipinski definition) is 3. The number of hydrogen-bond donors (Lipinski definition) is 1. The zero-order valence-electron chi connectivity index (χ0n) is 9.64. The van der Waals surface area contributed by atoms with E-state index in [2.05, 4.69) is 20.9 Å². The van der Waals surface area contributed by atoms with Crippen LogP contribution in [-0.4, -0.2) is 16.7 Å². The molecule has 0 saturated carbocycles. The number of para-hydroxylation sites is 1. The Kier molecular flexibility index (Phi) is 3.06. The van der Waals surface area contributed by atoms with Crippen molar-refractivity contribution in [1.29, 1.82) is 0 Å². The van der Waals surface area contributed by atoms with Gasteiger partial charge in [-0.05, 0) is 33.6 Å². The molecule has 3 nitrogen and oxygen atoms in total. The van der Waals surface area contributed by atoms with Gasteiger partial charge in [0, 0.05) is 22.7 Å². The van der Waals surface area contributed by atoms with E-state index in [-0.39, 0.29) is 0 Å². The van der Waals surface area contributed by atoms with Crippen molar-refractivity contribution in [3.63, 3.8) is 0 Å². The molecule has 1 atom stereocenters. The van der Waals surface area contributed by atoms with E-state index in [1.807, 2.05) is 30.3 Å². The molecule has 0 radical (unpaired) electrons. The first-order valence-electron chi connectivity index (χ1n) is 5.80. The molecule has 1 aliphatic heterocycles. The Labute approximate surface area is 114 Å². The summed E-state index contributed by atoms with van der Waals surface area (Å²) in [5.74, 6) is 0.815. The van der Waals surface area contributed by atoms with Crippen LogP contribution in [0.4, 0.5) is 0 Å². The number of halogens is 1. The first-order valence-corrected chi connectivity index (χ1v) is 6.59. The molecular weight excluding hydrogens is 294 g/mol. The van der Waals surface area contributed by atoms with Crippen LogP contribution in [0.3, 0.4) is 0 Å². The van der Waals surface area contributed by atoms with E-state index in [1.165, 1.54) is 0 Å². The summed E-state index contributed by atoms with van der Waals surface area (Å²) in [4.78, 5) is 4.23. The minimum absolute atomic E-state index is 0.627. The van der Waals surface area contributed by atoms with Crippen molar-refractivity contribution in [2.24, 2.45) is 0 Å². The predicted molar refractivity (Wildman–Crippen MR) is 71.6 cm³/mol. The number of pyridine rings is 1. The van der Waals surface area contributed by atoms with Gasteiger partial charge in [0.25, 0.3) is 0 Å². The molecule has 1 N–H and O–H groups in total. The number of ether oxygens (including phenoxy) is 1. The van der Waals surface area contributed by atoms with Gasteiger partial charge in [0.1, 0.15) is 11.9 Å². The summed E-state index contributed by atoms with van der Waals surface area (Å²) in [7, 11) is 0. The molecule has 4 heteroatoms. The topological polar surface area (TPSA) is 42.4 Å². The molecule has 1 unspecified atom stereocenters. The smallest absolute Gasteiger partial charge is 0.128 e. The lowest BCUT2D eigenvalue weighted by molar-refractivity contribution is 0.209. The predicted octanol–water partition coefficient (Wildman–Crippen LogP) is 2.86. The lowest BCUT2D eigenvalue weighted by Gasteiger charge is -2.14. The molecule has 2 aromatic rings. The first-order chi connectivity index (χ1) is 8.75. The maximum Gasteiger partial charge on any atom is 0.128 e. The second-order valence-electron chi connectivity index (χ2n) is 4.24. The van der Waals surface area contributed by atoms with Gasteiger partial charge in [-0.3, -0.25) is 4.98 Å². The van der Waals surface area contributed by atoms with Gasteiger partial charge < -0.3 is 9.84 Å². The van der Waals surface area contributed by atoms with E-state index in [9.17, 15) is 5.11 Å². The van der Waals surface area contributed by atoms with Crippen LogP contribution in [0, 0.1) is 0 Å². The summed E-state index contributed by atoms with van der Waals surface area (Å²) >= 11 is 3.33. The normalized spacial score (nSPS) is 15.0. The first kappa shape index (κ1) is 11.7. The number of aliphatic hydroxyl groups excluding tert-OH is 1. The molecule has 2 heterocycles. The average molecular weight is 306 g/mol. The standard InChI is InChI=1S/C14H12BrNO2/c15-10-4-5-12(16-8-10)13(17)11-3-1-2-9-6-7-18-14(9)11/h1-5,8,13,17H,6-7H2. The van der Waals surface area contributed by atoms with Gasteiger partial charge >= 0.3 is 0 Å². The zero-order chi connectivity index (χ0) is 12.5. The maximum atomic E-state index is 10.4. The van der Waals surface area contributed by atoms with Gasteiger partial charge in [0.2, 0.25) is 0 Å². The fourth-order valence-electron chi connectivity index (χ4n) is 2.16. The molecule has 0 spiro atoms. The highest BCUT2D eigenvalue weighted by atomic mass is 79.9. The minimum atomic E-state index is -0.744. The average Bonchev–Trinajstić information content (AvgIpc) is 2.87. The van der Waals surface area contributed by atoms with E-state index in [4.69, 9.17) is 4.74 Å². The second kappa shape index (κ2) is 4.71. The minimum Gasteiger partial charge on any atom is -0.493 e. The summed E-state index contributed by atoms with van der Waals surface area (Å²) < 4.78 is 6.50. The molecule has 1 aromatic heterocycles. The Balaban J connectivity index is 2.00. The van der Waals surface area contributed by atoms with Crippen molar-refractivity contribution >= 4 is 15.9 Å². The van der Waals surface area contributed by atoms with Gasteiger partial charge in [-0.2, -0.15) is 0 Å². The Hall–Kier alpha value is -1.39. The largest absolute Gasteiger partial charge is 0.493 e. The summed E-state index contributed by atoms with van der Waals surface area (Å²) in [5.41, 5.74) is 2.57. The Bertz CT molecular complexity index is 569. The number of aliphatic hydroxyl groups is 1.